The summed E-state index contributed by atoms with van der Waals surface area (Å²) in [5.41, 5.74) is 2.23. The molecule has 0 aliphatic heterocycles. The number of hydrogen-bond acceptors (Lipinski definition) is 3. The van der Waals surface area contributed by atoms with Gasteiger partial charge in [-0.2, -0.15) is 0 Å². The van der Waals surface area contributed by atoms with Gasteiger partial charge in [-0.1, -0.05) is 42.5 Å². The molecule has 0 atom stereocenters. The van der Waals surface area contributed by atoms with Crippen LogP contribution in [0.1, 0.15) is 33.6 Å². The van der Waals surface area contributed by atoms with Gasteiger partial charge < -0.3 is 14.4 Å². The maximum absolute atomic E-state index is 12.8. The fourth-order valence-electron chi connectivity index (χ4n) is 3.91. The quantitative estimate of drug-likeness (QED) is 0.567. The molecule has 0 amide bonds. The molecule has 0 spiro atoms. The van der Waals surface area contributed by atoms with Crippen molar-refractivity contribution in [2.24, 2.45) is 0 Å². The SMILES string of the molecule is Cc1ccccc1Cn1c(C(=O)O)c(C2=CC=CCC2=O)c2cc(OC(F)(F)F)ccc21. The molecule has 1 N–H and O–H groups in total. The number of ketones is 1. The number of carboxylic acids is 1. The second kappa shape index (κ2) is 8.03. The van der Waals surface area contributed by atoms with Crippen LogP contribution in [0.15, 0.2) is 60.7 Å². The lowest BCUT2D eigenvalue weighted by Crippen LogP contribution is -2.17. The number of carbonyl (C=O) groups excluding carboxylic acids is 1. The fourth-order valence-corrected chi connectivity index (χ4v) is 3.91. The van der Waals surface area contributed by atoms with Crippen LogP contribution < -0.4 is 4.74 Å². The average molecular weight is 441 g/mol. The third-order valence-corrected chi connectivity index (χ3v) is 5.33. The summed E-state index contributed by atoms with van der Waals surface area (Å²) in [4.78, 5) is 25.0. The molecule has 0 unspecified atom stereocenters. The van der Waals surface area contributed by atoms with E-state index in [1.165, 1.54) is 16.7 Å². The van der Waals surface area contributed by atoms with Crippen molar-refractivity contribution in [2.45, 2.75) is 26.3 Å². The molecule has 1 aliphatic carbocycles. The van der Waals surface area contributed by atoms with Crippen LogP contribution in [0.2, 0.25) is 0 Å². The van der Waals surface area contributed by atoms with Crippen LogP contribution >= 0.6 is 0 Å². The number of aromatic nitrogens is 1. The number of nitrogens with zero attached hydrogens (tertiary/aromatic N) is 1. The minimum absolute atomic E-state index is 0.0775. The number of rotatable bonds is 5. The van der Waals surface area contributed by atoms with Gasteiger partial charge >= 0.3 is 12.3 Å². The summed E-state index contributed by atoms with van der Waals surface area (Å²) in [5.74, 6) is -2.09. The second-order valence-electron chi connectivity index (χ2n) is 7.40. The van der Waals surface area contributed by atoms with E-state index in [0.717, 1.165) is 23.3 Å². The van der Waals surface area contributed by atoms with Crippen LogP contribution in [0, 0.1) is 6.92 Å². The van der Waals surface area contributed by atoms with Gasteiger partial charge in [0.1, 0.15) is 11.4 Å². The average Bonchev–Trinajstić information content (AvgIpc) is 3.02. The van der Waals surface area contributed by atoms with Gasteiger partial charge in [0.2, 0.25) is 0 Å². The molecule has 1 aliphatic rings. The Morgan fingerprint density at radius 2 is 1.94 bits per heavy atom. The van der Waals surface area contributed by atoms with E-state index in [-0.39, 0.29) is 41.0 Å². The minimum atomic E-state index is -4.91. The monoisotopic (exact) mass is 441 g/mol. The van der Waals surface area contributed by atoms with E-state index in [1.807, 2.05) is 31.2 Å². The molecule has 2 aromatic carbocycles. The van der Waals surface area contributed by atoms with Crippen molar-refractivity contribution >= 4 is 28.2 Å². The van der Waals surface area contributed by atoms with Gasteiger partial charge in [-0.15, -0.1) is 13.2 Å². The zero-order chi connectivity index (χ0) is 23.0. The minimum Gasteiger partial charge on any atom is -0.477 e. The Labute approximate surface area is 181 Å². The number of ether oxygens (including phenoxy) is 1. The molecule has 0 radical (unpaired) electrons. The molecular formula is C24H18F3NO4. The summed E-state index contributed by atoms with van der Waals surface area (Å²) in [6.45, 7) is 2.05. The number of aryl methyl sites for hydroxylation is 1. The van der Waals surface area contributed by atoms with Gasteiger partial charge in [-0.3, -0.25) is 4.79 Å². The Bertz CT molecular complexity index is 1300. The highest BCUT2D eigenvalue weighted by Gasteiger charge is 2.33. The molecule has 1 heterocycles. The first-order valence-electron chi connectivity index (χ1n) is 9.76. The van der Waals surface area contributed by atoms with Gasteiger partial charge in [0.25, 0.3) is 0 Å². The van der Waals surface area contributed by atoms with E-state index in [0.29, 0.717) is 5.52 Å². The summed E-state index contributed by atoms with van der Waals surface area (Å²) >= 11 is 0. The summed E-state index contributed by atoms with van der Waals surface area (Å²) < 4.78 is 44.0. The van der Waals surface area contributed by atoms with E-state index in [4.69, 9.17) is 0 Å². The van der Waals surface area contributed by atoms with Gasteiger partial charge in [0.05, 0.1) is 0 Å². The summed E-state index contributed by atoms with van der Waals surface area (Å²) in [7, 11) is 0. The predicted molar refractivity (Wildman–Crippen MR) is 113 cm³/mol. The van der Waals surface area contributed by atoms with Gasteiger partial charge in [0, 0.05) is 35.0 Å². The maximum atomic E-state index is 12.8. The third kappa shape index (κ3) is 4.03. The van der Waals surface area contributed by atoms with Gasteiger partial charge in [0.15, 0.2) is 5.78 Å². The molecule has 4 rings (SSSR count). The predicted octanol–water partition coefficient (Wildman–Crippen LogP) is 5.51. The summed E-state index contributed by atoms with van der Waals surface area (Å²) in [6, 6.07) is 11.1. The molecule has 5 nitrogen and oxygen atoms in total. The number of hydrogen-bond donors (Lipinski definition) is 1. The third-order valence-electron chi connectivity index (χ3n) is 5.33. The molecular weight excluding hydrogens is 423 g/mol. The Kier molecular flexibility index (Phi) is 5.38. The van der Waals surface area contributed by atoms with Crippen molar-refractivity contribution in [3.8, 4) is 5.75 Å². The molecule has 164 valence electrons. The van der Waals surface area contributed by atoms with Crippen molar-refractivity contribution in [1.82, 2.24) is 4.57 Å². The zero-order valence-electron chi connectivity index (χ0n) is 16.9. The zero-order valence-corrected chi connectivity index (χ0v) is 16.9. The van der Waals surface area contributed by atoms with E-state index in [1.54, 1.807) is 12.2 Å². The number of aromatic carboxylic acids is 1. The van der Waals surface area contributed by atoms with Crippen LogP contribution in [0.3, 0.4) is 0 Å². The highest BCUT2D eigenvalue weighted by Crippen LogP contribution is 2.37. The van der Waals surface area contributed by atoms with Crippen molar-refractivity contribution < 1.29 is 32.6 Å². The van der Waals surface area contributed by atoms with Crippen molar-refractivity contribution in [3.63, 3.8) is 0 Å². The molecule has 8 heteroatoms. The van der Waals surface area contributed by atoms with Gasteiger partial charge in [-0.05, 0) is 36.2 Å². The molecule has 0 fully saturated rings. The first kappa shape index (κ1) is 21.4. The number of Topliss-reactive ketones (excluding diaryl/α,β-unsaturated/α-hetero) is 1. The number of alkyl halides is 3. The lowest BCUT2D eigenvalue weighted by atomic mass is 9.93. The lowest BCUT2D eigenvalue weighted by Gasteiger charge is -2.12. The molecule has 0 saturated heterocycles. The van der Waals surface area contributed by atoms with Gasteiger partial charge in [-0.25, -0.2) is 4.79 Å². The number of fused-ring (bicyclic) bond motifs is 1. The topological polar surface area (TPSA) is 68.5 Å². The highest BCUT2D eigenvalue weighted by molar-refractivity contribution is 6.27. The standard InChI is InChI=1S/C24H18F3NO4/c1-14-6-2-3-7-15(14)13-28-19-11-10-16(32-24(25,26)27)12-18(19)21(22(28)23(30)31)17-8-4-5-9-20(17)29/h2-8,10-12H,9,13H2,1H3,(H,30,31). The van der Waals surface area contributed by atoms with Crippen LogP contribution in [-0.4, -0.2) is 27.8 Å². The van der Waals surface area contributed by atoms with Crippen LogP contribution in [0.5, 0.6) is 5.75 Å². The number of carboxylic acid groups (broad SMARTS) is 1. The van der Waals surface area contributed by atoms with E-state index >= 15 is 0 Å². The first-order chi connectivity index (χ1) is 15.2. The molecule has 32 heavy (non-hydrogen) atoms. The Morgan fingerprint density at radius 3 is 2.59 bits per heavy atom. The number of carbonyl (C=O) groups is 2. The normalized spacial score (nSPS) is 14.0. The Hall–Kier alpha value is -3.81. The van der Waals surface area contributed by atoms with E-state index < -0.39 is 18.1 Å². The number of halogens is 3. The number of allylic oxidation sites excluding steroid dienone is 4. The lowest BCUT2D eigenvalue weighted by molar-refractivity contribution is -0.274. The Morgan fingerprint density at radius 1 is 1.19 bits per heavy atom. The van der Waals surface area contributed by atoms with E-state index in [9.17, 15) is 27.9 Å². The smallest absolute Gasteiger partial charge is 0.477 e. The van der Waals surface area contributed by atoms with Crippen LogP contribution in [-0.2, 0) is 11.3 Å². The van der Waals surface area contributed by atoms with Crippen LogP contribution in [0.25, 0.3) is 16.5 Å². The van der Waals surface area contributed by atoms with Crippen molar-refractivity contribution in [2.75, 3.05) is 0 Å². The second-order valence-corrected chi connectivity index (χ2v) is 7.40. The molecule has 0 bridgehead atoms. The maximum Gasteiger partial charge on any atom is 0.573 e. The fraction of sp³-hybridized carbons (Fsp3) is 0.167. The van der Waals surface area contributed by atoms with Crippen molar-refractivity contribution in [3.05, 3.63) is 83.1 Å². The van der Waals surface area contributed by atoms with Crippen molar-refractivity contribution in [1.29, 1.82) is 0 Å². The summed E-state index contributed by atoms with van der Waals surface area (Å²) in [6.07, 6.45) is -0.0771. The largest absolute Gasteiger partial charge is 0.573 e. The summed E-state index contributed by atoms with van der Waals surface area (Å²) in [5, 5.41) is 10.3. The van der Waals surface area contributed by atoms with E-state index in [2.05, 4.69) is 4.74 Å². The van der Waals surface area contributed by atoms with Crippen LogP contribution in [0.4, 0.5) is 13.2 Å². The molecule has 1 aromatic heterocycles. The molecule has 3 aromatic rings. The Balaban J connectivity index is 2.02. The first-order valence-corrected chi connectivity index (χ1v) is 9.76. The molecule has 0 saturated carbocycles. The highest BCUT2D eigenvalue weighted by atomic mass is 19.4. The number of benzene rings is 2.